The molecule has 4 nitrogen and oxygen atoms in total. The van der Waals surface area contributed by atoms with Gasteiger partial charge in [0.2, 0.25) is 5.91 Å². The molecule has 1 atom stereocenters. The maximum atomic E-state index is 11.6. The van der Waals surface area contributed by atoms with Crippen molar-refractivity contribution in [3.05, 3.63) is 35.9 Å². The number of esters is 1. The van der Waals surface area contributed by atoms with Gasteiger partial charge in [-0.2, -0.15) is 0 Å². The molecule has 0 aliphatic heterocycles. The quantitative estimate of drug-likeness (QED) is 0.609. The summed E-state index contributed by atoms with van der Waals surface area (Å²) in [6.45, 7) is 1.30. The number of rotatable bonds is 4. The van der Waals surface area contributed by atoms with E-state index in [4.69, 9.17) is 11.8 Å². The fourth-order valence-electron chi connectivity index (χ4n) is 1.45. The van der Waals surface area contributed by atoms with Gasteiger partial charge in [-0.15, -0.1) is 0 Å². The molecule has 0 heterocycles. The summed E-state index contributed by atoms with van der Waals surface area (Å²) >= 11 is 5.79. The average Bonchev–Trinajstić information content (AvgIpc) is 2.35. The van der Waals surface area contributed by atoms with E-state index >= 15 is 0 Å². The van der Waals surface area contributed by atoms with Crippen molar-refractivity contribution in [1.82, 2.24) is 4.42 Å². The number of hydrogen-bond acceptors (Lipinski definition) is 3. The summed E-state index contributed by atoms with van der Waals surface area (Å²) in [5.41, 5.74) is 0.912. The van der Waals surface area contributed by atoms with Crippen molar-refractivity contribution >= 4 is 23.7 Å². The van der Waals surface area contributed by atoms with Crippen LogP contribution >= 0.6 is 11.8 Å². The van der Waals surface area contributed by atoms with Crippen LogP contribution < -0.4 is 0 Å². The van der Waals surface area contributed by atoms with Crippen molar-refractivity contribution in [2.24, 2.45) is 0 Å². The normalized spacial score (nSPS) is 11.7. The van der Waals surface area contributed by atoms with E-state index in [1.54, 1.807) is 0 Å². The zero-order valence-corrected chi connectivity index (χ0v) is 10.5. The van der Waals surface area contributed by atoms with E-state index < -0.39 is 17.9 Å². The van der Waals surface area contributed by atoms with Crippen LogP contribution in [-0.4, -0.2) is 29.4 Å². The number of ether oxygens (including phenoxy) is 1. The van der Waals surface area contributed by atoms with Gasteiger partial charge < -0.3 is 4.74 Å². The molecule has 0 saturated carbocycles. The predicted octanol–water partition coefficient (Wildman–Crippen LogP) is 1.77. The Morgan fingerprint density at radius 3 is 2.41 bits per heavy atom. The van der Waals surface area contributed by atoms with Gasteiger partial charge in [0.1, 0.15) is 6.04 Å². The Balaban J connectivity index is 2.85. The third-order valence-corrected chi connectivity index (χ3v) is 2.79. The van der Waals surface area contributed by atoms with Crippen molar-refractivity contribution in [2.45, 2.75) is 19.4 Å². The second-order valence-electron chi connectivity index (χ2n) is 3.56. The van der Waals surface area contributed by atoms with Crippen LogP contribution in [-0.2, 0) is 20.7 Å². The summed E-state index contributed by atoms with van der Waals surface area (Å²) in [5, 5.41) is 0. The van der Waals surface area contributed by atoms with E-state index in [1.165, 1.54) is 14.0 Å². The topological polar surface area (TPSA) is 46.6 Å². The molecule has 0 aromatic heterocycles. The molecular weight excluding hydrogens is 242 g/mol. The fraction of sp³-hybridized carbons (Fsp3) is 0.333. The van der Waals surface area contributed by atoms with Gasteiger partial charge in [-0.05, 0) is 5.56 Å². The molecule has 1 amide bonds. The summed E-state index contributed by atoms with van der Waals surface area (Å²) in [5.74, 6) is -0.919. The molecule has 0 spiro atoms. The lowest BCUT2D eigenvalue weighted by molar-refractivity contribution is -0.148. The van der Waals surface area contributed by atoms with E-state index in [0.717, 1.165) is 9.98 Å². The minimum Gasteiger partial charge on any atom is -0.467 e. The second-order valence-corrected chi connectivity index (χ2v) is 3.92. The van der Waals surface area contributed by atoms with Crippen LogP contribution in [0.25, 0.3) is 0 Å². The zero-order chi connectivity index (χ0) is 12.8. The van der Waals surface area contributed by atoms with E-state index in [0.29, 0.717) is 6.42 Å². The van der Waals surface area contributed by atoms with Crippen LogP contribution in [0.3, 0.4) is 0 Å². The molecule has 5 heteroatoms. The summed E-state index contributed by atoms with van der Waals surface area (Å²) in [4.78, 5) is 22.7. The molecule has 0 aliphatic rings. The van der Waals surface area contributed by atoms with Crippen LogP contribution in [0, 0.1) is 0 Å². The molecule has 0 N–H and O–H groups in total. The lowest BCUT2D eigenvalue weighted by Gasteiger charge is -2.21. The molecule has 0 aliphatic carbocycles. The van der Waals surface area contributed by atoms with Crippen LogP contribution in [0.4, 0.5) is 0 Å². The Kier molecular flexibility index (Phi) is 4.97. The third kappa shape index (κ3) is 3.75. The average molecular weight is 256 g/mol. The first-order chi connectivity index (χ1) is 8.06. The molecule has 1 unspecified atom stereocenters. The number of benzene rings is 1. The minimum atomic E-state index is -0.804. The summed E-state index contributed by atoms with van der Waals surface area (Å²) in [6, 6.07) is 8.51. The van der Waals surface area contributed by atoms with E-state index in [9.17, 15) is 9.59 Å². The number of carbonyl (C=O) groups excluding carboxylic acids is 2. The van der Waals surface area contributed by atoms with Crippen LogP contribution in [0.5, 0.6) is 0 Å². The Bertz CT molecular complexity index is 394. The van der Waals surface area contributed by atoms with Gasteiger partial charge in [0.05, 0.1) is 7.11 Å². The highest BCUT2D eigenvalue weighted by molar-refractivity contribution is 6.22. The van der Waals surface area contributed by atoms with E-state index in [2.05, 4.69) is 4.74 Å². The number of amides is 1. The first kappa shape index (κ1) is 13.5. The van der Waals surface area contributed by atoms with Crippen LogP contribution in [0.2, 0.25) is 0 Å². The Morgan fingerprint density at radius 1 is 1.35 bits per heavy atom. The highest BCUT2D eigenvalue weighted by Gasteiger charge is 2.28. The molecule has 0 bridgehead atoms. The van der Waals surface area contributed by atoms with Crippen molar-refractivity contribution in [2.75, 3.05) is 7.11 Å². The maximum absolute atomic E-state index is 11.6. The van der Waals surface area contributed by atoms with E-state index in [-0.39, 0.29) is 0 Å². The zero-order valence-electron chi connectivity index (χ0n) is 9.72. The Labute approximate surface area is 105 Å². The summed E-state index contributed by atoms with van der Waals surface area (Å²) in [6.07, 6.45) is 0.330. The molecule has 0 fully saturated rings. The molecule has 1 aromatic carbocycles. The molecule has 1 rings (SSSR count). The predicted molar refractivity (Wildman–Crippen MR) is 64.3 cm³/mol. The number of halogens is 1. The maximum Gasteiger partial charge on any atom is 0.330 e. The number of methoxy groups -OCH3 is 1. The van der Waals surface area contributed by atoms with Gasteiger partial charge >= 0.3 is 5.97 Å². The first-order valence-electron chi connectivity index (χ1n) is 5.13. The monoisotopic (exact) mass is 255 g/mol. The smallest absolute Gasteiger partial charge is 0.330 e. The number of nitrogens with zero attached hydrogens (tertiary/aromatic N) is 1. The minimum absolute atomic E-state index is 0.330. The fourth-order valence-corrected chi connectivity index (χ4v) is 1.60. The van der Waals surface area contributed by atoms with E-state index in [1.807, 2.05) is 30.3 Å². The molecular formula is C12H14ClNO3. The molecule has 92 valence electrons. The van der Waals surface area contributed by atoms with Gasteiger partial charge in [0.15, 0.2) is 0 Å². The molecule has 0 saturated heterocycles. The number of hydrogen-bond donors (Lipinski definition) is 0. The van der Waals surface area contributed by atoms with Crippen LogP contribution in [0.15, 0.2) is 30.3 Å². The van der Waals surface area contributed by atoms with Crippen LogP contribution in [0.1, 0.15) is 12.5 Å². The van der Waals surface area contributed by atoms with Crippen molar-refractivity contribution in [3.63, 3.8) is 0 Å². The first-order valence-corrected chi connectivity index (χ1v) is 5.47. The Morgan fingerprint density at radius 2 is 1.94 bits per heavy atom. The van der Waals surface area contributed by atoms with Crippen molar-refractivity contribution in [1.29, 1.82) is 0 Å². The van der Waals surface area contributed by atoms with Crippen molar-refractivity contribution in [3.8, 4) is 0 Å². The lowest BCUT2D eigenvalue weighted by atomic mass is 10.1. The second kappa shape index (κ2) is 6.25. The lowest BCUT2D eigenvalue weighted by Crippen LogP contribution is -2.40. The summed E-state index contributed by atoms with van der Waals surface area (Å²) < 4.78 is 5.51. The van der Waals surface area contributed by atoms with Gasteiger partial charge in [0.25, 0.3) is 0 Å². The summed E-state index contributed by atoms with van der Waals surface area (Å²) in [7, 11) is 1.27. The van der Waals surface area contributed by atoms with Crippen molar-refractivity contribution < 1.29 is 14.3 Å². The van der Waals surface area contributed by atoms with Gasteiger partial charge in [-0.3, -0.25) is 4.79 Å². The molecule has 17 heavy (non-hydrogen) atoms. The number of carbonyl (C=O) groups is 2. The molecule has 1 aromatic rings. The standard InChI is InChI=1S/C12H14ClNO3/c1-9(15)14(13)11(12(16)17-2)8-10-6-4-3-5-7-10/h3-7,11H,8H2,1-2H3. The highest BCUT2D eigenvalue weighted by Crippen LogP contribution is 2.13. The Hall–Kier alpha value is -1.55. The molecule has 0 radical (unpaired) electrons. The SMILES string of the molecule is COC(=O)C(Cc1ccccc1)N(Cl)C(C)=O. The largest absolute Gasteiger partial charge is 0.467 e. The highest BCUT2D eigenvalue weighted by atomic mass is 35.5. The van der Waals surface area contributed by atoms with Gasteiger partial charge in [-0.1, -0.05) is 30.3 Å². The van der Waals surface area contributed by atoms with Gasteiger partial charge in [-0.25, -0.2) is 9.21 Å². The third-order valence-electron chi connectivity index (χ3n) is 2.32. The van der Waals surface area contributed by atoms with Gasteiger partial charge in [0, 0.05) is 25.1 Å².